The quantitative estimate of drug-likeness (QED) is 0.718. The van der Waals surface area contributed by atoms with Gasteiger partial charge in [-0.05, 0) is 18.0 Å². The Morgan fingerprint density at radius 1 is 1.31 bits per heavy atom. The minimum Gasteiger partial charge on any atom is -0.365 e. The Morgan fingerprint density at radius 3 is 2.54 bits per heavy atom. The zero-order valence-electron chi connectivity index (χ0n) is 7.92. The van der Waals surface area contributed by atoms with Crippen LogP contribution in [0.5, 0.6) is 0 Å². The third-order valence-electron chi connectivity index (χ3n) is 2.92. The molecule has 0 saturated heterocycles. The SMILES string of the molecule is CC1(c2nc(N)no2)CCCCC1. The number of rotatable bonds is 1. The van der Waals surface area contributed by atoms with Crippen LogP contribution in [0.15, 0.2) is 4.52 Å². The number of anilines is 1. The molecular formula is C9H15N3O. The molecule has 4 nitrogen and oxygen atoms in total. The van der Waals surface area contributed by atoms with E-state index in [2.05, 4.69) is 17.1 Å². The molecule has 1 aliphatic rings. The monoisotopic (exact) mass is 181 g/mol. The predicted molar refractivity (Wildman–Crippen MR) is 49.1 cm³/mol. The normalized spacial score (nSPS) is 21.6. The molecule has 2 rings (SSSR count). The zero-order chi connectivity index (χ0) is 9.31. The lowest BCUT2D eigenvalue weighted by Gasteiger charge is -2.29. The van der Waals surface area contributed by atoms with Gasteiger partial charge in [-0.15, -0.1) is 0 Å². The van der Waals surface area contributed by atoms with Gasteiger partial charge in [0.2, 0.25) is 5.89 Å². The van der Waals surface area contributed by atoms with Crippen LogP contribution in [-0.2, 0) is 5.41 Å². The molecule has 0 bridgehead atoms. The summed E-state index contributed by atoms with van der Waals surface area (Å²) in [6.07, 6.45) is 6.08. The lowest BCUT2D eigenvalue weighted by Crippen LogP contribution is -2.25. The van der Waals surface area contributed by atoms with E-state index in [9.17, 15) is 0 Å². The number of hydrogen-bond acceptors (Lipinski definition) is 4. The van der Waals surface area contributed by atoms with Crippen LogP contribution in [0, 0.1) is 0 Å². The van der Waals surface area contributed by atoms with Gasteiger partial charge < -0.3 is 10.3 Å². The van der Waals surface area contributed by atoms with Crippen molar-refractivity contribution in [3.8, 4) is 0 Å². The van der Waals surface area contributed by atoms with Crippen molar-refractivity contribution < 1.29 is 4.52 Å². The van der Waals surface area contributed by atoms with Crippen molar-refractivity contribution in [3.63, 3.8) is 0 Å². The molecule has 0 aliphatic heterocycles. The Hall–Kier alpha value is -1.06. The lowest BCUT2D eigenvalue weighted by molar-refractivity contribution is 0.232. The molecule has 0 atom stereocenters. The fourth-order valence-corrected chi connectivity index (χ4v) is 2.03. The van der Waals surface area contributed by atoms with Crippen molar-refractivity contribution in [2.24, 2.45) is 0 Å². The number of hydrogen-bond donors (Lipinski definition) is 1. The molecule has 0 amide bonds. The Bertz CT molecular complexity index is 289. The van der Waals surface area contributed by atoms with Gasteiger partial charge >= 0.3 is 0 Å². The average molecular weight is 181 g/mol. The molecule has 1 heterocycles. The summed E-state index contributed by atoms with van der Waals surface area (Å²) in [4.78, 5) is 4.11. The summed E-state index contributed by atoms with van der Waals surface area (Å²) < 4.78 is 5.12. The zero-order valence-corrected chi connectivity index (χ0v) is 7.92. The number of nitrogens with two attached hydrogens (primary N) is 1. The van der Waals surface area contributed by atoms with E-state index in [-0.39, 0.29) is 11.4 Å². The summed E-state index contributed by atoms with van der Waals surface area (Å²) in [7, 11) is 0. The fraction of sp³-hybridized carbons (Fsp3) is 0.778. The summed E-state index contributed by atoms with van der Waals surface area (Å²) in [6.45, 7) is 2.18. The van der Waals surface area contributed by atoms with E-state index in [0.29, 0.717) is 5.89 Å². The summed E-state index contributed by atoms with van der Waals surface area (Å²) in [5.74, 6) is 0.964. The molecule has 1 saturated carbocycles. The largest absolute Gasteiger partial charge is 0.365 e. The second kappa shape index (κ2) is 3.01. The topological polar surface area (TPSA) is 64.9 Å². The van der Waals surface area contributed by atoms with Crippen LogP contribution >= 0.6 is 0 Å². The van der Waals surface area contributed by atoms with E-state index in [0.717, 1.165) is 12.8 Å². The molecule has 0 unspecified atom stereocenters. The highest BCUT2D eigenvalue weighted by Crippen LogP contribution is 2.37. The first-order valence-electron chi connectivity index (χ1n) is 4.80. The third kappa shape index (κ3) is 1.53. The van der Waals surface area contributed by atoms with Crippen molar-refractivity contribution in [1.82, 2.24) is 10.1 Å². The molecule has 0 radical (unpaired) electrons. The van der Waals surface area contributed by atoms with Gasteiger partial charge in [-0.25, -0.2) is 0 Å². The summed E-state index contributed by atoms with van der Waals surface area (Å²) >= 11 is 0. The van der Waals surface area contributed by atoms with Crippen LogP contribution < -0.4 is 5.73 Å². The molecule has 13 heavy (non-hydrogen) atoms. The highest BCUT2D eigenvalue weighted by Gasteiger charge is 2.34. The fourth-order valence-electron chi connectivity index (χ4n) is 2.03. The summed E-state index contributed by atoms with van der Waals surface area (Å²) in [5.41, 5.74) is 5.50. The second-order valence-electron chi connectivity index (χ2n) is 4.08. The predicted octanol–water partition coefficient (Wildman–Crippen LogP) is 1.87. The summed E-state index contributed by atoms with van der Waals surface area (Å²) in [6, 6.07) is 0. The van der Waals surface area contributed by atoms with E-state index < -0.39 is 0 Å². The molecule has 0 aromatic carbocycles. The standard InChI is InChI=1S/C9H15N3O/c1-9(5-3-2-4-6-9)7-11-8(10)12-13-7/h2-6H2,1H3,(H2,10,12). The molecule has 4 heteroatoms. The highest BCUT2D eigenvalue weighted by atomic mass is 16.5. The number of nitrogen functional groups attached to an aromatic ring is 1. The highest BCUT2D eigenvalue weighted by molar-refractivity contribution is 5.15. The number of aromatic nitrogens is 2. The van der Waals surface area contributed by atoms with E-state index in [1.54, 1.807) is 0 Å². The van der Waals surface area contributed by atoms with Gasteiger partial charge in [-0.2, -0.15) is 4.98 Å². The van der Waals surface area contributed by atoms with Crippen molar-refractivity contribution in [1.29, 1.82) is 0 Å². The van der Waals surface area contributed by atoms with E-state index in [1.165, 1.54) is 19.3 Å². The van der Waals surface area contributed by atoms with Crippen LogP contribution in [-0.4, -0.2) is 10.1 Å². The molecule has 2 N–H and O–H groups in total. The smallest absolute Gasteiger partial charge is 0.260 e. The Kier molecular flexibility index (Phi) is 1.98. The minimum atomic E-state index is 0.0723. The average Bonchev–Trinajstić information content (AvgIpc) is 2.54. The van der Waals surface area contributed by atoms with E-state index in [1.807, 2.05) is 0 Å². The van der Waals surface area contributed by atoms with Gasteiger partial charge in [-0.3, -0.25) is 0 Å². The molecule has 1 aromatic rings. The summed E-state index contributed by atoms with van der Waals surface area (Å²) in [5, 5.41) is 3.63. The van der Waals surface area contributed by atoms with Gasteiger partial charge in [0.1, 0.15) is 0 Å². The first kappa shape index (κ1) is 8.53. The molecule has 1 fully saturated rings. The third-order valence-corrected chi connectivity index (χ3v) is 2.92. The minimum absolute atomic E-state index is 0.0723. The Morgan fingerprint density at radius 2 is 2.00 bits per heavy atom. The maximum atomic E-state index is 5.43. The van der Waals surface area contributed by atoms with Crippen LogP contribution in [0.25, 0.3) is 0 Å². The van der Waals surface area contributed by atoms with Crippen LogP contribution in [0.3, 0.4) is 0 Å². The van der Waals surface area contributed by atoms with Crippen molar-refractivity contribution in [2.45, 2.75) is 44.4 Å². The van der Waals surface area contributed by atoms with Gasteiger partial charge in [0.05, 0.1) is 0 Å². The van der Waals surface area contributed by atoms with Gasteiger partial charge in [0.25, 0.3) is 5.95 Å². The van der Waals surface area contributed by atoms with Crippen molar-refractivity contribution in [2.75, 3.05) is 5.73 Å². The lowest BCUT2D eigenvalue weighted by atomic mass is 9.76. The van der Waals surface area contributed by atoms with Crippen LogP contribution in [0.1, 0.15) is 44.9 Å². The second-order valence-corrected chi connectivity index (χ2v) is 4.08. The Balaban J connectivity index is 2.22. The molecule has 1 aromatic heterocycles. The van der Waals surface area contributed by atoms with Gasteiger partial charge in [-0.1, -0.05) is 26.2 Å². The molecule has 0 spiro atoms. The van der Waals surface area contributed by atoms with Crippen LogP contribution in [0.2, 0.25) is 0 Å². The Labute approximate surface area is 77.5 Å². The van der Waals surface area contributed by atoms with Crippen molar-refractivity contribution in [3.05, 3.63) is 5.89 Å². The molecule has 1 aliphatic carbocycles. The van der Waals surface area contributed by atoms with E-state index >= 15 is 0 Å². The van der Waals surface area contributed by atoms with Gasteiger partial charge in [0, 0.05) is 5.41 Å². The molecule has 72 valence electrons. The molecular weight excluding hydrogens is 166 g/mol. The first-order valence-corrected chi connectivity index (χ1v) is 4.80. The van der Waals surface area contributed by atoms with E-state index in [4.69, 9.17) is 10.3 Å². The maximum absolute atomic E-state index is 5.43. The first-order chi connectivity index (χ1) is 6.21. The number of nitrogens with zero attached hydrogens (tertiary/aromatic N) is 2. The van der Waals surface area contributed by atoms with Crippen molar-refractivity contribution >= 4 is 5.95 Å². The van der Waals surface area contributed by atoms with Crippen LogP contribution in [0.4, 0.5) is 5.95 Å². The van der Waals surface area contributed by atoms with Gasteiger partial charge in [0.15, 0.2) is 0 Å². The maximum Gasteiger partial charge on any atom is 0.260 e.